The number of nitrogens with zero attached hydrogens (tertiary/aromatic N) is 1. The van der Waals surface area contributed by atoms with Crippen molar-refractivity contribution in [3.63, 3.8) is 0 Å². The van der Waals surface area contributed by atoms with Crippen LogP contribution in [0.3, 0.4) is 0 Å². The summed E-state index contributed by atoms with van der Waals surface area (Å²) < 4.78 is 0. The molecule has 0 amide bonds. The molecule has 0 fully saturated rings. The first-order chi connectivity index (χ1) is 8.47. The van der Waals surface area contributed by atoms with E-state index in [2.05, 4.69) is 0 Å². The number of aryl methyl sites for hydroxylation is 1. The summed E-state index contributed by atoms with van der Waals surface area (Å²) in [5.41, 5.74) is 0.401. The molecule has 0 bridgehead atoms. The Morgan fingerprint density at radius 3 is 2.67 bits per heavy atom. The number of benzene rings is 1. The second-order valence-electron chi connectivity index (χ2n) is 3.68. The summed E-state index contributed by atoms with van der Waals surface area (Å²) in [7, 11) is 0. The van der Waals surface area contributed by atoms with Gasteiger partial charge in [-0.2, -0.15) is 0 Å². The van der Waals surface area contributed by atoms with Gasteiger partial charge in [-0.1, -0.05) is 0 Å². The average Bonchev–Trinajstić information content (AvgIpc) is 2.34. The van der Waals surface area contributed by atoms with Crippen molar-refractivity contribution in [1.82, 2.24) is 0 Å². The summed E-state index contributed by atoms with van der Waals surface area (Å²) in [6.07, 6.45) is -0.782. The number of rotatable bonds is 6. The zero-order valence-corrected chi connectivity index (χ0v) is 10.1. The lowest BCUT2D eigenvalue weighted by Gasteiger charge is -2.08. The van der Waals surface area contributed by atoms with Crippen molar-refractivity contribution in [2.24, 2.45) is 0 Å². The van der Waals surface area contributed by atoms with E-state index in [4.69, 9.17) is 16.7 Å². The van der Waals surface area contributed by atoms with Gasteiger partial charge in [-0.25, -0.2) is 4.79 Å². The van der Waals surface area contributed by atoms with Crippen LogP contribution in [-0.2, 0) is 11.2 Å². The SMILES string of the molecule is O=C(O)C(O)c1ccc([N+](=O)[O-])c(CCCCl)c1. The van der Waals surface area contributed by atoms with E-state index in [-0.39, 0.29) is 11.3 Å². The summed E-state index contributed by atoms with van der Waals surface area (Å²) in [5, 5.41) is 28.9. The zero-order valence-electron chi connectivity index (χ0n) is 9.38. The summed E-state index contributed by atoms with van der Waals surface area (Å²) >= 11 is 5.52. The first kappa shape index (κ1) is 14.4. The Labute approximate surface area is 108 Å². The van der Waals surface area contributed by atoms with E-state index in [1.807, 2.05) is 0 Å². The van der Waals surface area contributed by atoms with Crippen LogP contribution < -0.4 is 0 Å². The third kappa shape index (κ3) is 3.41. The van der Waals surface area contributed by atoms with Gasteiger partial charge in [-0.05, 0) is 30.5 Å². The molecule has 1 unspecified atom stereocenters. The molecule has 2 N–H and O–H groups in total. The largest absolute Gasteiger partial charge is 0.479 e. The van der Waals surface area contributed by atoms with Gasteiger partial charge in [0.1, 0.15) is 0 Å². The molecule has 0 spiro atoms. The summed E-state index contributed by atoms with van der Waals surface area (Å²) in [6, 6.07) is 3.77. The highest BCUT2D eigenvalue weighted by Crippen LogP contribution is 2.25. The van der Waals surface area contributed by atoms with Crippen LogP contribution in [0, 0.1) is 10.1 Å². The van der Waals surface area contributed by atoms with Gasteiger partial charge in [0, 0.05) is 17.5 Å². The molecular weight excluding hydrogens is 262 g/mol. The minimum absolute atomic E-state index is 0.0959. The zero-order chi connectivity index (χ0) is 13.7. The highest BCUT2D eigenvalue weighted by atomic mass is 35.5. The van der Waals surface area contributed by atoms with Gasteiger partial charge in [0.05, 0.1) is 4.92 Å². The topological polar surface area (TPSA) is 101 Å². The maximum Gasteiger partial charge on any atom is 0.337 e. The van der Waals surface area contributed by atoms with Gasteiger partial charge in [0.15, 0.2) is 6.10 Å². The lowest BCUT2D eigenvalue weighted by atomic mass is 10.0. The van der Waals surface area contributed by atoms with E-state index in [0.29, 0.717) is 24.3 Å². The highest BCUT2D eigenvalue weighted by molar-refractivity contribution is 6.17. The molecule has 6 nitrogen and oxygen atoms in total. The monoisotopic (exact) mass is 273 g/mol. The van der Waals surface area contributed by atoms with E-state index >= 15 is 0 Å². The van der Waals surface area contributed by atoms with Crippen LogP contribution in [0.4, 0.5) is 5.69 Å². The van der Waals surface area contributed by atoms with E-state index < -0.39 is 17.0 Å². The minimum atomic E-state index is -1.68. The Kier molecular flexibility index (Phi) is 5.06. The van der Waals surface area contributed by atoms with Crippen LogP contribution in [0.25, 0.3) is 0 Å². The van der Waals surface area contributed by atoms with Crippen molar-refractivity contribution in [3.8, 4) is 0 Å². The second kappa shape index (κ2) is 6.32. The number of aliphatic carboxylic acids is 1. The van der Waals surface area contributed by atoms with Crippen molar-refractivity contribution in [2.45, 2.75) is 18.9 Å². The quantitative estimate of drug-likeness (QED) is 0.468. The molecule has 1 aromatic carbocycles. The first-order valence-electron chi connectivity index (χ1n) is 5.21. The predicted octanol–water partition coefficient (Wildman–Crippen LogP) is 1.88. The first-order valence-corrected chi connectivity index (χ1v) is 5.75. The van der Waals surface area contributed by atoms with Crippen molar-refractivity contribution in [1.29, 1.82) is 0 Å². The molecule has 0 radical (unpaired) electrons. The molecular formula is C11H12ClNO5. The molecule has 1 rings (SSSR count). The molecule has 0 aromatic heterocycles. The third-order valence-electron chi connectivity index (χ3n) is 2.43. The van der Waals surface area contributed by atoms with E-state index in [0.717, 1.165) is 0 Å². The molecule has 0 saturated carbocycles. The van der Waals surface area contributed by atoms with Crippen molar-refractivity contribution in [2.75, 3.05) is 5.88 Å². The Morgan fingerprint density at radius 1 is 1.50 bits per heavy atom. The van der Waals surface area contributed by atoms with Gasteiger partial charge in [-0.3, -0.25) is 10.1 Å². The Morgan fingerprint density at radius 2 is 2.17 bits per heavy atom. The Hall–Kier alpha value is -1.66. The lowest BCUT2D eigenvalue weighted by Crippen LogP contribution is -2.11. The number of aliphatic hydroxyl groups is 1. The molecule has 0 saturated heterocycles. The smallest absolute Gasteiger partial charge is 0.337 e. The number of halogens is 1. The number of carbonyl (C=O) groups is 1. The Balaban J connectivity index is 3.12. The molecule has 98 valence electrons. The van der Waals surface area contributed by atoms with Gasteiger partial charge in [0.2, 0.25) is 0 Å². The van der Waals surface area contributed by atoms with E-state index in [1.165, 1.54) is 18.2 Å². The number of hydrogen-bond donors (Lipinski definition) is 2. The van der Waals surface area contributed by atoms with Gasteiger partial charge in [-0.15, -0.1) is 11.6 Å². The van der Waals surface area contributed by atoms with Crippen LogP contribution >= 0.6 is 11.6 Å². The lowest BCUT2D eigenvalue weighted by molar-refractivity contribution is -0.385. The molecule has 0 heterocycles. The summed E-state index contributed by atoms with van der Waals surface area (Å²) in [4.78, 5) is 20.9. The Bertz CT molecular complexity index is 463. The van der Waals surface area contributed by atoms with Crippen LogP contribution in [0.5, 0.6) is 0 Å². The fourth-order valence-corrected chi connectivity index (χ4v) is 1.69. The van der Waals surface area contributed by atoms with Crippen LogP contribution in [0.15, 0.2) is 18.2 Å². The van der Waals surface area contributed by atoms with Crippen molar-refractivity contribution < 1.29 is 19.9 Å². The maximum absolute atomic E-state index is 10.8. The van der Waals surface area contributed by atoms with Gasteiger partial charge < -0.3 is 10.2 Å². The number of carboxylic acids is 1. The minimum Gasteiger partial charge on any atom is -0.479 e. The second-order valence-corrected chi connectivity index (χ2v) is 4.06. The van der Waals surface area contributed by atoms with E-state index in [1.54, 1.807) is 0 Å². The number of nitro groups is 1. The van der Waals surface area contributed by atoms with Crippen LogP contribution in [-0.4, -0.2) is 27.0 Å². The molecule has 0 aliphatic carbocycles. The molecule has 0 aliphatic rings. The molecule has 1 aromatic rings. The number of aliphatic hydroxyl groups excluding tert-OH is 1. The summed E-state index contributed by atoms with van der Waals surface area (Å²) in [5.74, 6) is -1.05. The highest BCUT2D eigenvalue weighted by Gasteiger charge is 2.20. The standard InChI is InChI=1S/C11H12ClNO5/c12-5-1-2-7-6-8(10(14)11(15)16)3-4-9(7)13(17)18/h3-4,6,10,14H,1-2,5H2,(H,15,16). The summed E-state index contributed by atoms with van der Waals surface area (Å²) in [6.45, 7) is 0. The molecule has 0 aliphatic heterocycles. The van der Waals surface area contributed by atoms with Crippen LogP contribution in [0.1, 0.15) is 23.7 Å². The number of carboxylic acid groups (broad SMARTS) is 1. The predicted molar refractivity (Wildman–Crippen MR) is 64.7 cm³/mol. The molecule has 1 atom stereocenters. The van der Waals surface area contributed by atoms with Crippen molar-refractivity contribution in [3.05, 3.63) is 39.4 Å². The number of hydrogen-bond acceptors (Lipinski definition) is 4. The van der Waals surface area contributed by atoms with Crippen molar-refractivity contribution >= 4 is 23.3 Å². The average molecular weight is 274 g/mol. The fourth-order valence-electron chi connectivity index (χ4n) is 1.55. The maximum atomic E-state index is 10.8. The van der Waals surface area contributed by atoms with Gasteiger partial charge >= 0.3 is 5.97 Å². The third-order valence-corrected chi connectivity index (χ3v) is 2.70. The number of alkyl halides is 1. The molecule has 18 heavy (non-hydrogen) atoms. The normalized spacial score (nSPS) is 12.1. The fraction of sp³-hybridized carbons (Fsp3) is 0.364. The molecule has 7 heteroatoms. The van der Waals surface area contributed by atoms with Crippen LogP contribution in [0.2, 0.25) is 0 Å². The number of nitro benzene ring substituents is 1. The van der Waals surface area contributed by atoms with Gasteiger partial charge in [0.25, 0.3) is 5.69 Å². The van der Waals surface area contributed by atoms with E-state index in [9.17, 15) is 20.0 Å².